The Bertz CT molecular complexity index is 1190. The lowest BCUT2D eigenvalue weighted by atomic mass is 9.89. The highest BCUT2D eigenvalue weighted by molar-refractivity contribution is 5.90. The molecule has 1 aliphatic heterocycles. The molecule has 2 heterocycles. The van der Waals surface area contributed by atoms with Gasteiger partial charge >= 0.3 is 0 Å². The van der Waals surface area contributed by atoms with Crippen LogP contribution in [0.5, 0.6) is 0 Å². The SMILES string of the molecule is CC[C@H](C)[C@@H]([C@@H](CC(=O)N1CCC[C@H]1[C@H](OC)[C@@H](C)C(=O)NCCc1ccccn1)OC)N(C)C(=O)[C@@H](NC(=O)C(ON)C(C)C)C(C)C. The maximum absolute atomic E-state index is 14.0. The number of hydrogen-bond acceptors (Lipinski definition) is 9. The fourth-order valence-electron chi connectivity index (χ4n) is 6.82. The van der Waals surface area contributed by atoms with Crippen LogP contribution in [-0.4, -0.2) is 109 Å². The molecule has 278 valence electrons. The molecule has 2 rings (SSSR count). The Morgan fingerprint density at radius 3 is 2.27 bits per heavy atom. The number of amides is 4. The molecule has 13 nitrogen and oxygen atoms in total. The van der Waals surface area contributed by atoms with Crippen LogP contribution in [0.25, 0.3) is 0 Å². The lowest BCUT2D eigenvalue weighted by molar-refractivity contribution is -0.149. The number of methoxy groups -OCH3 is 2. The van der Waals surface area contributed by atoms with Crippen molar-refractivity contribution in [3.05, 3.63) is 30.1 Å². The van der Waals surface area contributed by atoms with E-state index >= 15 is 0 Å². The van der Waals surface area contributed by atoms with Crippen LogP contribution in [0.4, 0.5) is 0 Å². The normalized spacial score (nSPS) is 19.1. The number of rotatable bonds is 20. The number of aromatic nitrogens is 1. The number of likely N-dealkylation sites (N-methyl/N-ethyl adjacent to an activating group) is 1. The van der Waals surface area contributed by atoms with E-state index in [1.54, 1.807) is 32.4 Å². The van der Waals surface area contributed by atoms with Crippen molar-refractivity contribution in [2.24, 2.45) is 29.6 Å². The molecule has 0 aliphatic carbocycles. The van der Waals surface area contributed by atoms with Gasteiger partial charge in [-0.2, -0.15) is 0 Å². The number of likely N-dealkylation sites (tertiary alicyclic amines) is 1. The predicted octanol–water partition coefficient (Wildman–Crippen LogP) is 2.72. The lowest BCUT2D eigenvalue weighted by Gasteiger charge is -2.41. The monoisotopic (exact) mass is 690 g/mol. The lowest BCUT2D eigenvalue weighted by Crippen LogP contribution is -2.59. The summed E-state index contributed by atoms with van der Waals surface area (Å²) in [7, 11) is 4.83. The zero-order valence-electron chi connectivity index (χ0n) is 31.3. The quantitative estimate of drug-likeness (QED) is 0.175. The van der Waals surface area contributed by atoms with Crippen LogP contribution < -0.4 is 16.5 Å². The van der Waals surface area contributed by atoms with Gasteiger partial charge in [0.05, 0.1) is 36.6 Å². The molecule has 1 unspecified atom stereocenters. The molecule has 0 aromatic carbocycles. The average molecular weight is 691 g/mol. The van der Waals surface area contributed by atoms with E-state index in [1.807, 2.05) is 71.6 Å². The van der Waals surface area contributed by atoms with Crippen LogP contribution in [0, 0.1) is 23.7 Å². The fourth-order valence-corrected chi connectivity index (χ4v) is 6.82. The minimum absolute atomic E-state index is 0.0260. The fraction of sp³-hybridized carbons (Fsp3) is 0.750. The number of hydrogen-bond donors (Lipinski definition) is 3. The zero-order chi connectivity index (χ0) is 36.8. The third-order valence-corrected chi connectivity index (χ3v) is 9.91. The van der Waals surface area contributed by atoms with Crippen LogP contribution in [0.1, 0.15) is 79.8 Å². The molecule has 1 aliphatic rings. The van der Waals surface area contributed by atoms with Gasteiger partial charge < -0.3 is 29.9 Å². The van der Waals surface area contributed by atoms with Crippen LogP contribution in [0.2, 0.25) is 0 Å². The minimum Gasteiger partial charge on any atom is -0.379 e. The Labute approximate surface area is 293 Å². The molecule has 0 radical (unpaired) electrons. The molecule has 4 amide bonds. The molecule has 1 aromatic heterocycles. The first-order chi connectivity index (χ1) is 23.2. The third-order valence-electron chi connectivity index (χ3n) is 9.91. The number of carbonyl (C=O) groups is 4. The van der Waals surface area contributed by atoms with Crippen molar-refractivity contribution in [2.45, 2.75) is 117 Å². The Kier molecular flexibility index (Phi) is 17.6. The highest BCUT2D eigenvalue weighted by Crippen LogP contribution is 2.29. The first-order valence-electron chi connectivity index (χ1n) is 17.7. The van der Waals surface area contributed by atoms with E-state index in [1.165, 1.54) is 0 Å². The number of nitrogens with two attached hydrogens (primary N) is 1. The van der Waals surface area contributed by atoms with Gasteiger partial charge in [0.2, 0.25) is 17.7 Å². The summed E-state index contributed by atoms with van der Waals surface area (Å²) in [6, 6.07) is 4.11. The largest absolute Gasteiger partial charge is 0.379 e. The van der Waals surface area contributed by atoms with E-state index in [-0.39, 0.29) is 47.9 Å². The molecule has 0 saturated carbocycles. The van der Waals surface area contributed by atoms with Crippen molar-refractivity contribution >= 4 is 23.6 Å². The summed E-state index contributed by atoms with van der Waals surface area (Å²) in [5.74, 6) is 3.45. The van der Waals surface area contributed by atoms with Crippen LogP contribution in [0.15, 0.2) is 24.4 Å². The molecule has 0 spiro atoms. The first-order valence-corrected chi connectivity index (χ1v) is 17.7. The highest BCUT2D eigenvalue weighted by Gasteiger charge is 2.43. The minimum atomic E-state index is -0.904. The second-order valence-electron chi connectivity index (χ2n) is 14.0. The number of nitrogens with zero attached hydrogens (tertiary/aromatic N) is 3. The maximum atomic E-state index is 14.0. The molecule has 1 aromatic rings. The molecule has 8 atom stereocenters. The van der Waals surface area contributed by atoms with E-state index in [4.69, 9.17) is 20.2 Å². The van der Waals surface area contributed by atoms with Crippen molar-refractivity contribution in [1.29, 1.82) is 0 Å². The second-order valence-corrected chi connectivity index (χ2v) is 14.0. The average Bonchev–Trinajstić information content (AvgIpc) is 3.56. The second kappa shape index (κ2) is 20.5. The molecule has 49 heavy (non-hydrogen) atoms. The van der Waals surface area contributed by atoms with Gasteiger partial charge in [-0.05, 0) is 42.7 Å². The number of pyridine rings is 1. The molecule has 1 fully saturated rings. The van der Waals surface area contributed by atoms with E-state index in [0.29, 0.717) is 25.9 Å². The van der Waals surface area contributed by atoms with E-state index in [2.05, 4.69) is 15.6 Å². The van der Waals surface area contributed by atoms with Crippen molar-refractivity contribution in [3.63, 3.8) is 0 Å². The molecular weight excluding hydrogens is 628 g/mol. The van der Waals surface area contributed by atoms with Crippen LogP contribution in [0.3, 0.4) is 0 Å². The summed E-state index contributed by atoms with van der Waals surface area (Å²) in [6.45, 7) is 14.2. The number of ether oxygens (including phenoxy) is 2. The van der Waals surface area contributed by atoms with Gasteiger partial charge in [-0.15, -0.1) is 0 Å². The summed E-state index contributed by atoms with van der Waals surface area (Å²) >= 11 is 0. The standard InChI is InChI=1S/C36H62N6O7/c1-11-24(6)31(41(8)36(46)30(22(2)3)40-35(45)32(49-37)23(4)5)28(47-9)21-29(43)42-20-14-16-27(42)33(48-10)25(7)34(44)39-19-17-26-15-12-13-18-38-26/h12-13,15,18,22-25,27-28,30-33H,11,14,16-17,19-21,37H2,1-10H3,(H,39,44)(H,40,45)/t24-,25+,27-,28+,30-,31-,32?,33+/m0/s1. The van der Waals surface area contributed by atoms with Gasteiger partial charge in [0.15, 0.2) is 6.10 Å². The van der Waals surface area contributed by atoms with Gasteiger partial charge in [-0.25, -0.2) is 5.90 Å². The van der Waals surface area contributed by atoms with Gasteiger partial charge in [-0.1, -0.05) is 61.0 Å². The molecule has 1 saturated heterocycles. The summed E-state index contributed by atoms with van der Waals surface area (Å²) in [4.78, 5) is 66.9. The van der Waals surface area contributed by atoms with Crippen LogP contribution in [-0.2, 0) is 39.9 Å². The smallest absolute Gasteiger partial charge is 0.252 e. The maximum Gasteiger partial charge on any atom is 0.252 e. The summed E-state index contributed by atoms with van der Waals surface area (Å²) in [5, 5.41) is 5.84. The summed E-state index contributed by atoms with van der Waals surface area (Å²) in [6.07, 6.45) is 2.58. The van der Waals surface area contributed by atoms with E-state index < -0.39 is 42.2 Å². The number of nitrogens with one attached hydrogen (secondary N) is 2. The Morgan fingerprint density at radius 2 is 1.73 bits per heavy atom. The molecule has 4 N–H and O–H groups in total. The molecule has 13 heteroatoms. The van der Waals surface area contributed by atoms with E-state index in [0.717, 1.165) is 18.5 Å². The molecular formula is C36H62N6O7. The van der Waals surface area contributed by atoms with Gasteiger partial charge in [0, 0.05) is 52.7 Å². The molecule has 0 bridgehead atoms. The van der Waals surface area contributed by atoms with Gasteiger partial charge in [0.1, 0.15) is 6.04 Å². The van der Waals surface area contributed by atoms with Crippen molar-refractivity contribution in [2.75, 3.05) is 34.4 Å². The van der Waals surface area contributed by atoms with Crippen LogP contribution >= 0.6 is 0 Å². The van der Waals surface area contributed by atoms with Gasteiger partial charge in [-0.3, -0.25) is 29.0 Å². The van der Waals surface area contributed by atoms with Gasteiger partial charge in [0.25, 0.3) is 5.91 Å². The highest BCUT2D eigenvalue weighted by atomic mass is 16.6. The Balaban J connectivity index is 2.20. The summed E-state index contributed by atoms with van der Waals surface area (Å²) in [5.41, 5.74) is 0.896. The Morgan fingerprint density at radius 1 is 1.04 bits per heavy atom. The van der Waals surface area contributed by atoms with E-state index in [9.17, 15) is 19.2 Å². The Hall–Kier alpha value is -3.13. The topological polar surface area (TPSA) is 165 Å². The zero-order valence-corrected chi connectivity index (χ0v) is 31.3. The first kappa shape index (κ1) is 42.0. The van der Waals surface area contributed by atoms with Crippen molar-refractivity contribution in [3.8, 4) is 0 Å². The third kappa shape index (κ3) is 11.4. The predicted molar refractivity (Wildman–Crippen MR) is 188 cm³/mol. The number of carbonyl (C=O) groups excluding carboxylic acids is 4. The van der Waals surface area contributed by atoms with Crippen molar-refractivity contribution < 1.29 is 33.5 Å². The summed E-state index contributed by atoms with van der Waals surface area (Å²) < 4.78 is 11.9. The van der Waals surface area contributed by atoms with Crippen molar-refractivity contribution in [1.82, 2.24) is 25.4 Å².